The van der Waals surface area contributed by atoms with Gasteiger partial charge in [0.25, 0.3) is 0 Å². The SMILES string of the molecule is Cc1[nH]c(C(OC(=O)N(C(C)C)C(C)C)c2ccc(F)c(F)c2)nc1SCc1ccccc1. The normalized spacial score (nSPS) is 12.3. The Hall–Kier alpha value is -2.87. The third-order valence-electron chi connectivity index (χ3n) is 5.11. The number of benzene rings is 2. The van der Waals surface area contributed by atoms with Crippen molar-refractivity contribution in [2.75, 3.05) is 0 Å². The summed E-state index contributed by atoms with van der Waals surface area (Å²) >= 11 is 1.55. The van der Waals surface area contributed by atoms with Crippen molar-refractivity contribution in [3.8, 4) is 0 Å². The summed E-state index contributed by atoms with van der Waals surface area (Å²) in [5, 5.41) is 0.752. The number of imidazole rings is 1. The Morgan fingerprint density at radius 2 is 1.73 bits per heavy atom. The van der Waals surface area contributed by atoms with Gasteiger partial charge in [0.05, 0.1) is 0 Å². The number of rotatable bonds is 8. The number of carbonyl (C=O) groups is 1. The molecule has 1 amide bonds. The molecule has 1 aromatic heterocycles. The molecule has 5 nitrogen and oxygen atoms in total. The van der Waals surface area contributed by atoms with Gasteiger partial charge in [-0.15, -0.1) is 0 Å². The number of aromatic amines is 1. The number of thioether (sulfide) groups is 1. The molecule has 0 bridgehead atoms. The number of nitrogens with one attached hydrogen (secondary N) is 1. The van der Waals surface area contributed by atoms with E-state index in [9.17, 15) is 13.6 Å². The summed E-state index contributed by atoms with van der Waals surface area (Å²) in [6.45, 7) is 9.45. The predicted octanol–water partition coefficient (Wildman–Crippen LogP) is 6.63. The van der Waals surface area contributed by atoms with Crippen molar-refractivity contribution in [2.24, 2.45) is 0 Å². The minimum atomic E-state index is -1.02. The maximum atomic E-state index is 14.0. The standard InChI is InChI=1S/C25H29F2N3O2S/c1-15(2)30(16(3)4)25(31)32-22(19-11-12-20(26)21(27)13-19)23-28-17(5)24(29-23)33-14-18-9-7-6-8-10-18/h6-13,15-16,22H,14H2,1-5H3,(H,28,29). The van der Waals surface area contributed by atoms with Crippen LogP contribution in [0.3, 0.4) is 0 Å². The average molecular weight is 474 g/mol. The molecule has 0 radical (unpaired) electrons. The fourth-order valence-electron chi connectivity index (χ4n) is 3.59. The highest BCUT2D eigenvalue weighted by molar-refractivity contribution is 7.98. The highest BCUT2D eigenvalue weighted by Crippen LogP contribution is 2.31. The third-order valence-corrected chi connectivity index (χ3v) is 6.26. The molecule has 1 heterocycles. The van der Waals surface area contributed by atoms with E-state index in [1.165, 1.54) is 6.07 Å². The number of nitrogens with zero attached hydrogens (tertiary/aromatic N) is 2. The van der Waals surface area contributed by atoms with E-state index in [-0.39, 0.29) is 12.1 Å². The second-order valence-electron chi connectivity index (χ2n) is 8.36. The number of halogens is 2. The number of ether oxygens (including phenoxy) is 1. The fraction of sp³-hybridized carbons (Fsp3) is 0.360. The molecule has 0 aliphatic rings. The van der Waals surface area contributed by atoms with E-state index < -0.39 is 23.8 Å². The van der Waals surface area contributed by atoms with Crippen LogP contribution in [0.5, 0.6) is 0 Å². The van der Waals surface area contributed by atoms with Gasteiger partial charge in [-0.25, -0.2) is 18.6 Å². The van der Waals surface area contributed by atoms with Gasteiger partial charge >= 0.3 is 6.09 Å². The molecule has 3 aromatic rings. The van der Waals surface area contributed by atoms with Crippen LogP contribution in [0.15, 0.2) is 53.6 Å². The Kier molecular flexibility index (Phi) is 8.13. The van der Waals surface area contributed by atoms with Gasteiger partial charge in [0, 0.05) is 29.1 Å². The van der Waals surface area contributed by atoms with Crippen LogP contribution in [0.1, 0.15) is 56.4 Å². The van der Waals surface area contributed by atoms with Crippen LogP contribution >= 0.6 is 11.8 Å². The maximum Gasteiger partial charge on any atom is 0.411 e. The zero-order valence-electron chi connectivity index (χ0n) is 19.4. The molecule has 0 fully saturated rings. The molecule has 176 valence electrons. The quantitative estimate of drug-likeness (QED) is 0.373. The lowest BCUT2D eigenvalue weighted by molar-refractivity contribution is 0.0551. The van der Waals surface area contributed by atoms with E-state index in [4.69, 9.17) is 4.74 Å². The topological polar surface area (TPSA) is 58.2 Å². The van der Waals surface area contributed by atoms with E-state index in [2.05, 4.69) is 9.97 Å². The van der Waals surface area contributed by atoms with Crippen LogP contribution in [-0.4, -0.2) is 33.0 Å². The molecule has 8 heteroatoms. The van der Waals surface area contributed by atoms with Crippen molar-refractivity contribution in [3.05, 3.63) is 82.8 Å². The Balaban J connectivity index is 1.92. The van der Waals surface area contributed by atoms with Crippen molar-refractivity contribution in [2.45, 2.75) is 63.6 Å². The number of hydrogen-bond acceptors (Lipinski definition) is 4. The second kappa shape index (κ2) is 10.8. The van der Waals surface area contributed by atoms with Crippen molar-refractivity contribution >= 4 is 17.9 Å². The molecule has 0 aliphatic carbocycles. The molecule has 0 aliphatic heterocycles. The molecule has 1 unspecified atom stereocenters. The van der Waals surface area contributed by atoms with Crippen LogP contribution in [0.4, 0.5) is 13.6 Å². The molecule has 1 N–H and O–H groups in total. The Labute approximate surface area is 197 Å². The zero-order chi connectivity index (χ0) is 24.1. The van der Waals surface area contributed by atoms with Gasteiger partial charge < -0.3 is 14.6 Å². The number of carbonyl (C=O) groups excluding carboxylic acids is 1. The number of H-pyrrole nitrogens is 1. The molecule has 1 atom stereocenters. The smallest absolute Gasteiger partial charge is 0.411 e. The van der Waals surface area contributed by atoms with Crippen molar-refractivity contribution < 1.29 is 18.3 Å². The number of aromatic nitrogens is 2. The van der Waals surface area contributed by atoms with Crippen LogP contribution in [0.25, 0.3) is 0 Å². The van der Waals surface area contributed by atoms with Crippen molar-refractivity contribution in [3.63, 3.8) is 0 Å². The van der Waals surface area contributed by atoms with Gasteiger partial charge in [-0.3, -0.25) is 0 Å². The largest absolute Gasteiger partial charge is 0.433 e. The molecule has 3 rings (SSSR count). The van der Waals surface area contributed by atoms with Gasteiger partial charge in [0.1, 0.15) is 5.03 Å². The highest BCUT2D eigenvalue weighted by Gasteiger charge is 2.29. The van der Waals surface area contributed by atoms with Gasteiger partial charge in [0.2, 0.25) is 0 Å². The lowest BCUT2D eigenvalue weighted by Gasteiger charge is -2.31. The molecule has 0 spiro atoms. The first kappa shape index (κ1) is 24.8. The molecule has 2 aromatic carbocycles. The molecular weight excluding hydrogens is 444 g/mol. The van der Waals surface area contributed by atoms with Gasteiger partial charge in [-0.2, -0.15) is 0 Å². The minimum Gasteiger partial charge on any atom is -0.433 e. The molecule has 33 heavy (non-hydrogen) atoms. The number of amides is 1. The van der Waals surface area contributed by atoms with Crippen molar-refractivity contribution in [1.29, 1.82) is 0 Å². The van der Waals surface area contributed by atoms with Crippen LogP contribution in [0.2, 0.25) is 0 Å². The lowest BCUT2D eigenvalue weighted by Crippen LogP contribution is -2.43. The minimum absolute atomic E-state index is 0.0987. The predicted molar refractivity (Wildman–Crippen MR) is 126 cm³/mol. The van der Waals surface area contributed by atoms with E-state index in [1.807, 2.05) is 65.0 Å². The van der Waals surface area contributed by atoms with Crippen LogP contribution in [0, 0.1) is 18.6 Å². The summed E-state index contributed by atoms with van der Waals surface area (Å²) in [4.78, 5) is 22.4. The lowest BCUT2D eigenvalue weighted by atomic mass is 10.1. The van der Waals surface area contributed by atoms with Gasteiger partial charge in [-0.1, -0.05) is 48.2 Å². The monoisotopic (exact) mass is 473 g/mol. The zero-order valence-corrected chi connectivity index (χ0v) is 20.2. The first-order valence-electron chi connectivity index (χ1n) is 10.8. The summed E-state index contributed by atoms with van der Waals surface area (Å²) in [6.07, 6.45) is -1.57. The first-order chi connectivity index (χ1) is 15.7. The number of aryl methyl sites for hydroxylation is 1. The van der Waals surface area contributed by atoms with E-state index in [1.54, 1.807) is 16.7 Å². The van der Waals surface area contributed by atoms with E-state index >= 15 is 0 Å². The Bertz CT molecular complexity index is 1080. The molecular formula is C25H29F2N3O2S. The molecule has 0 saturated carbocycles. The summed E-state index contributed by atoms with van der Waals surface area (Å²) in [7, 11) is 0. The highest BCUT2D eigenvalue weighted by atomic mass is 32.2. The summed E-state index contributed by atoms with van der Waals surface area (Å²) < 4.78 is 33.4. The third kappa shape index (κ3) is 6.13. The Morgan fingerprint density at radius 3 is 2.33 bits per heavy atom. The second-order valence-corrected chi connectivity index (χ2v) is 9.32. The number of hydrogen-bond donors (Lipinski definition) is 1. The van der Waals surface area contributed by atoms with Crippen molar-refractivity contribution in [1.82, 2.24) is 14.9 Å². The van der Waals surface area contributed by atoms with Gasteiger partial charge in [0.15, 0.2) is 23.6 Å². The van der Waals surface area contributed by atoms with Crippen LogP contribution < -0.4 is 0 Å². The summed E-state index contributed by atoms with van der Waals surface area (Å²) in [5.41, 5.74) is 2.25. The summed E-state index contributed by atoms with van der Waals surface area (Å²) in [5.74, 6) is -0.907. The average Bonchev–Trinajstić information content (AvgIpc) is 3.13. The maximum absolute atomic E-state index is 14.0. The van der Waals surface area contributed by atoms with E-state index in [0.717, 1.165) is 34.2 Å². The van der Waals surface area contributed by atoms with E-state index in [0.29, 0.717) is 11.4 Å². The summed E-state index contributed by atoms with van der Waals surface area (Å²) in [6, 6.07) is 13.3. The van der Waals surface area contributed by atoms with Gasteiger partial charge in [-0.05, 0) is 52.3 Å². The Morgan fingerprint density at radius 1 is 1.06 bits per heavy atom. The molecule has 0 saturated heterocycles. The fourth-order valence-corrected chi connectivity index (χ4v) is 4.52. The first-order valence-corrected chi connectivity index (χ1v) is 11.8. The van der Waals surface area contributed by atoms with Crippen LogP contribution in [-0.2, 0) is 10.5 Å².